The minimum absolute atomic E-state index is 0.530. The number of hydrogen-bond acceptors (Lipinski definition) is 1. The molecule has 17 heavy (non-hydrogen) atoms. The van der Waals surface area contributed by atoms with E-state index in [1.54, 1.807) is 0 Å². The van der Waals surface area contributed by atoms with Gasteiger partial charge in [0.25, 0.3) is 0 Å². The highest BCUT2D eigenvalue weighted by atomic mass is 16.3. The molecule has 0 aromatic heterocycles. The minimum Gasteiger partial charge on any atom is -0.385 e. The van der Waals surface area contributed by atoms with E-state index in [9.17, 15) is 5.11 Å². The van der Waals surface area contributed by atoms with Crippen LogP contribution >= 0.6 is 0 Å². The van der Waals surface area contributed by atoms with E-state index in [0.29, 0.717) is 0 Å². The quantitative estimate of drug-likeness (QED) is 0.810. The summed E-state index contributed by atoms with van der Waals surface area (Å²) in [7, 11) is 0. The van der Waals surface area contributed by atoms with Crippen molar-refractivity contribution in [3.8, 4) is 0 Å². The number of aliphatic hydroxyl groups is 1. The van der Waals surface area contributed by atoms with Crippen LogP contribution in [0.5, 0.6) is 0 Å². The summed E-state index contributed by atoms with van der Waals surface area (Å²) in [5, 5.41) is 10.7. The highest BCUT2D eigenvalue weighted by Gasteiger charge is 2.31. The second-order valence-electron chi connectivity index (χ2n) is 5.85. The van der Waals surface area contributed by atoms with Crippen molar-refractivity contribution in [2.75, 3.05) is 0 Å². The fraction of sp³-hybridized carbons (Fsp3) is 0.625. The Morgan fingerprint density at radius 2 is 1.76 bits per heavy atom. The van der Waals surface area contributed by atoms with Gasteiger partial charge in [-0.2, -0.15) is 0 Å². The average Bonchev–Trinajstić information content (AvgIpc) is 2.28. The molecule has 0 radical (unpaired) electrons. The molecule has 0 bridgehead atoms. The standard InChI is InChI=1S/C16H22O/c17-16(10-2-1-3-11-16)15-9-5-8-14(12-15)13-6-4-7-13/h5,8-9,12-13,17H,1-4,6-7,10-11H2. The second kappa shape index (κ2) is 4.45. The first kappa shape index (κ1) is 11.3. The Bertz CT molecular complexity index is 386. The van der Waals surface area contributed by atoms with Crippen LogP contribution in [-0.4, -0.2) is 5.11 Å². The zero-order chi connectivity index (χ0) is 11.7. The van der Waals surface area contributed by atoms with E-state index in [0.717, 1.165) is 18.8 Å². The average molecular weight is 230 g/mol. The van der Waals surface area contributed by atoms with E-state index in [-0.39, 0.29) is 0 Å². The van der Waals surface area contributed by atoms with Gasteiger partial charge in [0.05, 0.1) is 5.60 Å². The molecule has 0 spiro atoms. The molecule has 2 fully saturated rings. The van der Waals surface area contributed by atoms with Crippen molar-refractivity contribution in [3.05, 3.63) is 35.4 Å². The van der Waals surface area contributed by atoms with Gasteiger partial charge in [0.15, 0.2) is 0 Å². The third kappa shape index (κ3) is 2.13. The molecule has 1 aromatic carbocycles. The van der Waals surface area contributed by atoms with E-state index in [4.69, 9.17) is 0 Å². The van der Waals surface area contributed by atoms with Crippen LogP contribution in [0.3, 0.4) is 0 Å². The number of hydrogen-bond donors (Lipinski definition) is 1. The predicted octanol–water partition coefficient (Wildman–Crippen LogP) is 4.11. The SMILES string of the molecule is OC1(c2cccc(C3CCC3)c2)CCCCC1. The Hall–Kier alpha value is -0.820. The lowest BCUT2D eigenvalue weighted by molar-refractivity contribution is -0.000733. The normalized spacial score (nSPS) is 24.3. The molecule has 0 atom stereocenters. The van der Waals surface area contributed by atoms with E-state index in [1.807, 2.05) is 0 Å². The van der Waals surface area contributed by atoms with Crippen LogP contribution in [-0.2, 0) is 5.60 Å². The number of rotatable bonds is 2. The van der Waals surface area contributed by atoms with Gasteiger partial charge in [-0.1, -0.05) is 49.9 Å². The van der Waals surface area contributed by atoms with Crippen LogP contribution in [0.25, 0.3) is 0 Å². The third-order valence-electron chi connectivity index (χ3n) is 4.68. The van der Waals surface area contributed by atoms with E-state index >= 15 is 0 Å². The Balaban J connectivity index is 1.86. The lowest BCUT2D eigenvalue weighted by Crippen LogP contribution is -2.28. The summed E-state index contributed by atoms with van der Waals surface area (Å²) in [5.74, 6) is 0.766. The fourth-order valence-corrected chi connectivity index (χ4v) is 3.25. The number of benzene rings is 1. The van der Waals surface area contributed by atoms with Crippen molar-refractivity contribution < 1.29 is 5.11 Å². The molecule has 2 aliphatic rings. The molecule has 0 heterocycles. The van der Waals surface area contributed by atoms with Crippen molar-refractivity contribution in [1.29, 1.82) is 0 Å². The Morgan fingerprint density at radius 1 is 1.00 bits per heavy atom. The largest absolute Gasteiger partial charge is 0.385 e. The second-order valence-corrected chi connectivity index (χ2v) is 5.85. The van der Waals surface area contributed by atoms with Crippen LogP contribution in [0.15, 0.2) is 24.3 Å². The van der Waals surface area contributed by atoms with Crippen LogP contribution in [0.1, 0.15) is 68.4 Å². The summed E-state index contributed by atoms with van der Waals surface area (Å²) in [6, 6.07) is 8.76. The maximum Gasteiger partial charge on any atom is 0.0896 e. The summed E-state index contributed by atoms with van der Waals surface area (Å²) in [5.41, 5.74) is 2.09. The molecule has 1 N–H and O–H groups in total. The Labute approximate surface area is 104 Å². The van der Waals surface area contributed by atoms with Crippen molar-refractivity contribution in [2.24, 2.45) is 0 Å². The zero-order valence-electron chi connectivity index (χ0n) is 10.5. The molecular weight excluding hydrogens is 208 g/mol. The van der Waals surface area contributed by atoms with Crippen LogP contribution < -0.4 is 0 Å². The molecule has 2 aliphatic carbocycles. The van der Waals surface area contributed by atoms with Gasteiger partial charge in [-0.3, -0.25) is 0 Å². The summed E-state index contributed by atoms with van der Waals surface area (Å²) in [6.07, 6.45) is 9.56. The smallest absolute Gasteiger partial charge is 0.0896 e. The van der Waals surface area contributed by atoms with Crippen LogP contribution in [0.4, 0.5) is 0 Å². The third-order valence-corrected chi connectivity index (χ3v) is 4.68. The van der Waals surface area contributed by atoms with Gasteiger partial charge < -0.3 is 5.11 Å². The van der Waals surface area contributed by atoms with Gasteiger partial charge in [-0.05, 0) is 42.7 Å². The zero-order valence-corrected chi connectivity index (χ0v) is 10.5. The lowest BCUT2D eigenvalue weighted by Gasteiger charge is -2.34. The highest BCUT2D eigenvalue weighted by Crippen LogP contribution is 2.40. The molecule has 0 aliphatic heterocycles. The van der Waals surface area contributed by atoms with Gasteiger partial charge in [-0.15, -0.1) is 0 Å². The molecule has 2 saturated carbocycles. The molecule has 0 amide bonds. The first-order chi connectivity index (χ1) is 8.28. The highest BCUT2D eigenvalue weighted by molar-refractivity contribution is 5.31. The first-order valence-corrected chi connectivity index (χ1v) is 7.11. The summed E-state index contributed by atoms with van der Waals surface area (Å²) >= 11 is 0. The molecule has 1 aromatic rings. The van der Waals surface area contributed by atoms with Gasteiger partial charge in [0.1, 0.15) is 0 Å². The van der Waals surface area contributed by atoms with Gasteiger partial charge in [0, 0.05) is 0 Å². The summed E-state index contributed by atoms with van der Waals surface area (Å²) in [4.78, 5) is 0. The van der Waals surface area contributed by atoms with Crippen molar-refractivity contribution in [1.82, 2.24) is 0 Å². The lowest BCUT2D eigenvalue weighted by atomic mass is 9.76. The van der Waals surface area contributed by atoms with Gasteiger partial charge >= 0.3 is 0 Å². The van der Waals surface area contributed by atoms with Crippen molar-refractivity contribution >= 4 is 0 Å². The molecular formula is C16H22O. The Kier molecular flexibility index (Phi) is 2.96. The van der Waals surface area contributed by atoms with E-state index in [1.165, 1.54) is 49.7 Å². The van der Waals surface area contributed by atoms with E-state index in [2.05, 4.69) is 24.3 Å². The summed E-state index contributed by atoms with van der Waals surface area (Å²) in [6.45, 7) is 0. The predicted molar refractivity (Wildman–Crippen MR) is 70.0 cm³/mol. The maximum absolute atomic E-state index is 10.7. The topological polar surface area (TPSA) is 20.2 Å². The van der Waals surface area contributed by atoms with Crippen LogP contribution in [0.2, 0.25) is 0 Å². The van der Waals surface area contributed by atoms with Gasteiger partial charge in [0.2, 0.25) is 0 Å². The maximum atomic E-state index is 10.7. The molecule has 0 unspecified atom stereocenters. The summed E-state index contributed by atoms with van der Waals surface area (Å²) < 4.78 is 0. The molecule has 3 rings (SSSR count). The molecule has 92 valence electrons. The molecule has 0 saturated heterocycles. The van der Waals surface area contributed by atoms with Crippen molar-refractivity contribution in [3.63, 3.8) is 0 Å². The van der Waals surface area contributed by atoms with Crippen molar-refractivity contribution in [2.45, 2.75) is 62.9 Å². The fourth-order valence-electron chi connectivity index (χ4n) is 3.25. The molecule has 1 nitrogen and oxygen atoms in total. The van der Waals surface area contributed by atoms with E-state index < -0.39 is 5.60 Å². The minimum atomic E-state index is -0.530. The molecule has 1 heteroatoms. The van der Waals surface area contributed by atoms with Crippen LogP contribution in [0, 0.1) is 0 Å². The first-order valence-electron chi connectivity index (χ1n) is 7.11. The monoisotopic (exact) mass is 230 g/mol. The Morgan fingerprint density at radius 3 is 2.41 bits per heavy atom. The van der Waals surface area contributed by atoms with Gasteiger partial charge in [-0.25, -0.2) is 0 Å².